The predicted octanol–water partition coefficient (Wildman–Crippen LogP) is 3.43. The van der Waals surface area contributed by atoms with E-state index in [0.717, 1.165) is 24.0 Å². The van der Waals surface area contributed by atoms with Gasteiger partial charge in [-0.2, -0.15) is 0 Å². The summed E-state index contributed by atoms with van der Waals surface area (Å²) in [5.74, 6) is 0. The lowest BCUT2D eigenvalue weighted by Crippen LogP contribution is -2.37. The van der Waals surface area contributed by atoms with Crippen molar-refractivity contribution in [3.05, 3.63) is 44.9 Å². The Hall–Kier alpha value is -0.910. The Kier molecular flexibility index (Phi) is 3.60. The zero-order chi connectivity index (χ0) is 13.4. The van der Waals surface area contributed by atoms with Crippen LogP contribution in [0.2, 0.25) is 0 Å². The van der Waals surface area contributed by atoms with Gasteiger partial charge in [0.25, 0.3) is 0 Å². The van der Waals surface area contributed by atoms with Crippen molar-refractivity contribution < 1.29 is 0 Å². The average Bonchev–Trinajstić information content (AvgIpc) is 2.76. The van der Waals surface area contributed by atoms with E-state index in [1.165, 1.54) is 16.0 Å². The summed E-state index contributed by atoms with van der Waals surface area (Å²) in [6.45, 7) is 4.21. The molecule has 0 saturated heterocycles. The SMILES string of the molecule is CC1Cc2ccc(Br)cc2CN1Cc1cnc(N)s1. The van der Waals surface area contributed by atoms with Crippen molar-refractivity contribution in [2.75, 3.05) is 5.73 Å². The quantitative estimate of drug-likeness (QED) is 0.912. The molecule has 0 amide bonds. The standard InChI is InChI=1S/C14H16BrN3S/c1-9-4-10-2-3-12(15)5-11(10)7-18(9)8-13-6-17-14(16)19-13/h2-3,5-6,9H,4,7-8H2,1H3,(H2,16,17). The molecule has 0 bridgehead atoms. The zero-order valence-electron chi connectivity index (χ0n) is 10.8. The van der Waals surface area contributed by atoms with Gasteiger partial charge >= 0.3 is 0 Å². The molecule has 0 spiro atoms. The lowest BCUT2D eigenvalue weighted by Gasteiger charge is -2.34. The van der Waals surface area contributed by atoms with Crippen molar-refractivity contribution in [2.24, 2.45) is 0 Å². The molecule has 2 N–H and O–H groups in total. The summed E-state index contributed by atoms with van der Waals surface area (Å²) in [6, 6.07) is 7.15. The lowest BCUT2D eigenvalue weighted by molar-refractivity contribution is 0.177. The van der Waals surface area contributed by atoms with Gasteiger partial charge < -0.3 is 5.73 Å². The number of thiazole rings is 1. The van der Waals surface area contributed by atoms with Crippen LogP contribution < -0.4 is 5.73 Å². The summed E-state index contributed by atoms with van der Waals surface area (Å²) in [5.41, 5.74) is 8.59. The molecule has 100 valence electrons. The third kappa shape index (κ3) is 2.83. The van der Waals surface area contributed by atoms with E-state index < -0.39 is 0 Å². The molecule has 1 unspecified atom stereocenters. The van der Waals surface area contributed by atoms with Gasteiger partial charge in [0.2, 0.25) is 0 Å². The van der Waals surface area contributed by atoms with Crippen molar-refractivity contribution in [1.82, 2.24) is 9.88 Å². The third-order valence-electron chi connectivity index (χ3n) is 3.61. The first-order chi connectivity index (χ1) is 9.11. The molecular formula is C14H16BrN3S. The van der Waals surface area contributed by atoms with Gasteiger partial charge in [-0.15, -0.1) is 11.3 Å². The molecular weight excluding hydrogens is 322 g/mol. The van der Waals surface area contributed by atoms with E-state index in [2.05, 4.69) is 50.9 Å². The van der Waals surface area contributed by atoms with Crippen molar-refractivity contribution >= 4 is 32.4 Å². The number of nitrogens with zero attached hydrogens (tertiary/aromatic N) is 2. The molecule has 19 heavy (non-hydrogen) atoms. The second kappa shape index (κ2) is 5.23. The van der Waals surface area contributed by atoms with Crippen LogP contribution in [0, 0.1) is 0 Å². The number of nitrogen functional groups attached to an aromatic ring is 1. The van der Waals surface area contributed by atoms with E-state index in [0.29, 0.717) is 11.2 Å². The summed E-state index contributed by atoms with van der Waals surface area (Å²) >= 11 is 5.14. The van der Waals surface area contributed by atoms with E-state index in [1.54, 1.807) is 11.3 Å². The molecule has 1 aliphatic rings. The van der Waals surface area contributed by atoms with E-state index in [9.17, 15) is 0 Å². The molecule has 0 fully saturated rings. The molecule has 1 aromatic heterocycles. The van der Waals surface area contributed by atoms with Gasteiger partial charge in [-0.25, -0.2) is 4.98 Å². The molecule has 1 aliphatic heterocycles. The number of hydrogen-bond donors (Lipinski definition) is 1. The second-order valence-electron chi connectivity index (χ2n) is 5.04. The van der Waals surface area contributed by atoms with Crippen LogP contribution in [0.3, 0.4) is 0 Å². The maximum absolute atomic E-state index is 5.70. The Morgan fingerprint density at radius 3 is 3.05 bits per heavy atom. The summed E-state index contributed by atoms with van der Waals surface area (Å²) in [7, 11) is 0. The average molecular weight is 338 g/mol. The molecule has 2 heterocycles. The van der Waals surface area contributed by atoms with Crippen LogP contribution >= 0.6 is 27.3 Å². The summed E-state index contributed by atoms with van der Waals surface area (Å²) in [5, 5.41) is 0.655. The fourth-order valence-electron chi connectivity index (χ4n) is 2.57. The van der Waals surface area contributed by atoms with Crippen molar-refractivity contribution in [2.45, 2.75) is 32.5 Å². The van der Waals surface area contributed by atoms with Gasteiger partial charge in [0, 0.05) is 34.7 Å². The molecule has 3 rings (SSSR count). The Morgan fingerprint density at radius 2 is 2.32 bits per heavy atom. The monoisotopic (exact) mass is 337 g/mol. The molecule has 0 radical (unpaired) electrons. The molecule has 2 aromatic rings. The highest BCUT2D eigenvalue weighted by Crippen LogP contribution is 2.28. The molecule has 3 nitrogen and oxygen atoms in total. The van der Waals surface area contributed by atoms with E-state index >= 15 is 0 Å². The van der Waals surface area contributed by atoms with E-state index in [4.69, 9.17) is 5.73 Å². The summed E-state index contributed by atoms with van der Waals surface area (Å²) < 4.78 is 1.16. The van der Waals surface area contributed by atoms with Crippen LogP contribution in [0.15, 0.2) is 28.9 Å². The van der Waals surface area contributed by atoms with E-state index in [1.807, 2.05) is 6.20 Å². The highest BCUT2D eigenvalue weighted by atomic mass is 79.9. The first kappa shape index (κ1) is 13.1. The van der Waals surface area contributed by atoms with Crippen LogP contribution in [-0.4, -0.2) is 15.9 Å². The van der Waals surface area contributed by atoms with Crippen molar-refractivity contribution in [1.29, 1.82) is 0 Å². The Bertz CT molecular complexity index is 596. The Balaban J connectivity index is 1.80. The van der Waals surface area contributed by atoms with Crippen LogP contribution in [0.5, 0.6) is 0 Å². The van der Waals surface area contributed by atoms with Crippen LogP contribution in [0.25, 0.3) is 0 Å². The van der Waals surface area contributed by atoms with Crippen LogP contribution in [0.4, 0.5) is 5.13 Å². The highest BCUT2D eigenvalue weighted by Gasteiger charge is 2.23. The zero-order valence-corrected chi connectivity index (χ0v) is 13.2. The second-order valence-corrected chi connectivity index (χ2v) is 7.10. The maximum atomic E-state index is 5.70. The molecule has 1 atom stereocenters. The van der Waals surface area contributed by atoms with Crippen LogP contribution in [-0.2, 0) is 19.5 Å². The highest BCUT2D eigenvalue weighted by molar-refractivity contribution is 9.10. The minimum atomic E-state index is 0.553. The first-order valence-electron chi connectivity index (χ1n) is 6.33. The molecule has 5 heteroatoms. The van der Waals surface area contributed by atoms with Gasteiger partial charge in [-0.3, -0.25) is 4.90 Å². The van der Waals surface area contributed by atoms with Crippen molar-refractivity contribution in [3.8, 4) is 0 Å². The number of fused-ring (bicyclic) bond motifs is 1. The van der Waals surface area contributed by atoms with Gasteiger partial charge in [0.15, 0.2) is 5.13 Å². The fraction of sp³-hybridized carbons (Fsp3) is 0.357. The Labute approximate surface area is 125 Å². The first-order valence-corrected chi connectivity index (χ1v) is 7.94. The number of hydrogen-bond acceptors (Lipinski definition) is 4. The number of nitrogens with two attached hydrogens (primary N) is 1. The van der Waals surface area contributed by atoms with Gasteiger partial charge in [-0.1, -0.05) is 22.0 Å². The van der Waals surface area contributed by atoms with Crippen LogP contribution in [0.1, 0.15) is 22.9 Å². The number of aromatic nitrogens is 1. The summed E-state index contributed by atoms with van der Waals surface area (Å²) in [4.78, 5) is 7.85. The largest absolute Gasteiger partial charge is 0.375 e. The number of halogens is 1. The molecule has 1 aromatic carbocycles. The van der Waals surface area contributed by atoms with Gasteiger partial charge in [0.05, 0.1) is 0 Å². The van der Waals surface area contributed by atoms with Gasteiger partial charge in [0.1, 0.15) is 0 Å². The predicted molar refractivity (Wildman–Crippen MR) is 83.1 cm³/mol. The number of anilines is 1. The molecule has 0 aliphatic carbocycles. The van der Waals surface area contributed by atoms with Gasteiger partial charge in [-0.05, 0) is 36.6 Å². The van der Waals surface area contributed by atoms with Crippen molar-refractivity contribution in [3.63, 3.8) is 0 Å². The minimum Gasteiger partial charge on any atom is -0.375 e. The number of benzene rings is 1. The minimum absolute atomic E-state index is 0.553. The molecule has 0 saturated carbocycles. The fourth-order valence-corrected chi connectivity index (χ4v) is 3.69. The lowest BCUT2D eigenvalue weighted by atomic mass is 9.95. The summed E-state index contributed by atoms with van der Waals surface area (Å²) in [6.07, 6.45) is 3.00. The topological polar surface area (TPSA) is 42.2 Å². The number of rotatable bonds is 2. The van der Waals surface area contributed by atoms with E-state index in [-0.39, 0.29) is 0 Å². The Morgan fingerprint density at radius 1 is 1.47 bits per heavy atom. The maximum Gasteiger partial charge on any atom is 0.180 e. The normalized spacial score (nSPS) is 19.4. The third-order valence-corrected chi connectivity index (χ3v) is 4.92. The smallest absolute Gasteiger partial charge is 0.180 e.